The van der Waals surface area contributed by atoms with E-state index in [2.05, 4.69) is 18.8 Å². The lowest BCUT2D eigenvalue weighted by atomic mass is 10.1. The van der Waals surface area contributed by atoms with E-state index in [1.54, 1.807) is 11.3 Å². The van der Waals surface area contributed by atoms with Crippen molar-refractivity contribution in [2.45, 2.75) is 60.2 Å². The Morgan fingerprint density at radius 2 is 2.00 bits per heavy atom. The van der Waals surface area contributed by atoms with Gasteiger partial charge in [-0.15, -0.1) is 11.3 Å². The molecule has 136 valence electrons. The lowest BCUT2D eigenvalue weighted by Gasteiger charge is -2.29. The van der Waals surface area contributed by atoms with Crippen molar-refractivity contribution in [2.75, 3.05) is 0 Å². The molecule has 25 heavy (non-hydrogen) atoms. The summed E-state index contributed by atoms with van der Waals surface area (Å²) in [7, 11) is 0. The van der Waals surface area contributed by atoms with Crippen LogP contribution in [0.25, 0.3) is 0 Å². The van der Waals surface area contributed by atoms with Crippen LogP contribution in [0.4, 0.5) is 0 Å². The molecule has 1 aromatic carbocycles. The number of benzene rings is 1. The Hall–Kier alpha value is -1.88. The van der Waals surface area contributed by atoms with Gasteiger partial charge in [-0.05, 0) is 31.9 Å². The van der Waals surface area contributed by atoms with Crippen LogP contribution in [0, 0.1) is 12.8 Å². The van der Waals surface area contributed by atoms with Gasteiger partial charge < -0.3 is 9.64 Å². The van der Waals surface area contributed by atoms with Gasteiger partial charge in [-0.25, -0.2) is 4.98 Å². The maximum absolute atomic E-state index is 12.5. The molecular formula is C20H28N2O2S. The highest BCUT2D eigenvalue weighted by Crippen LogP contribution is 2.20. The number of hydrogen-bond acceptors (Lipinski definition) is 4. The predicted octanol–water partition coefficient (Wildman–Crippen LogP) is 4.81. The second kappa shape index (κ2) is 8.99. The molecule has 0 radical (unpaired) electrons. The molecule has 4 nitrogen and oxygen atoms in total. The standard InChI is InChI=1S/C20H28N2O2S/c1-6-16(5)22(20(23)14(2)3)11-17-13-25-19(21-17)12-24-18-10-8-7-9-15(18)4/h7-10,13-14,16H,6,11-12H2,1-5H3. The molecule has 2 aromatic rings. The molecule has 0 aliphatic heterocycles. The number of carbonyl (C=O) groups excluding carboxylic acids is 1. The monoisotopic (exact) mass is 360 g/mol. The maximum atomic E-state index is 12.5. The number of hydrogen-bond donors (Lipinski definition) is 0. The summed E-state index contributed by atoms with van der Waals surface area (Å²) in [6, 6.07) is 8.18. The summed E-state index contributed by atoms with van der Waals surface area (Å²) in [5, 5.41) is 2.96. The van der Waals surface area contributed by atoms with Crippen LogP contribution in [-0.4, -0.2) is 21.8 Å². The molecule has 1 unspecified atom stereocenters. The number of amides is 1. The van der Waals surface area contributed by atoms with Crippen molar-refractivity contribution in [1.82, 2.24) is 9.88 Å². The van der Waals surface area contributed by atoms with Crippen LogP contribution in [0.15, 0.2) is 29.6 Å². The summed E-state index contributed by atoms with van der Waals surface area (Å²) in [5.41, 5.74) is 2.05. The van der Waals surface area contributed by atoms with Gasteiger partial charge in [0.2, 0.25) is 5.91 Å². The Morgan fingerprint density at radius 3 is 2.64 bits per heavy atom. The summed E-state index contributed by atoms with van der Waals surface area (Å²) in [6.07, 6.45) is 0.936. The topological polar surface area (TPSA) is 42.4 Å². The minimum absolute atomic E-state index is 0.00325. The quantitative estimate of drug-likeness (QED) is 0.678. The van der Waals surface area contributed by atoms with Crippen molar-refractivity contribution >= 4 is 17.2 Å². The average Bonchev–Trinajstić information content (AvgIpc) is 3.05. The fourth-order valence-corrected chi connectivity index (χ4v) is 3.22. The second-order valence-corrected chi connectivity index (χ2v) is 7.61. The van der Waals surface area contributed by atoms with Gasteiger partial charge in [-0.1, -0.05) is 39.0 Å². The van der Waals surface area contributed by atoms with E-state index in [1.807, 2.05) is 55.3 Å². The molecule has 5 heteroatoms. The van der Waals surface area contributed by atoms with Crippen molar-refractivity contribution in [2.24, 2.45) is 5.92 Å². The SMILES string of the molecule is CCC(C)N(Cc1csc(COc2ccccc2C)n1)C(=O)C(C)C. The van der Waals surface area contributed by atoms with Crippen molar-refractivity contribution in [1.29, 1.82) is 0 Å². The number of aryl methyl sites for hydroxylation is 1. The average molecular weight is 361 g/mol. The Labute approximate surface area is 154 Å². The van der Waals surface area contributed by atoms with Crippen LogP contribution in [0.2, 0.25) is 0 Å². The second-order valence-electron chi connectivity index (χ2n) is 6.66. The number of aromatic nitrogens is 1. The molecule has 1 atom stereocenters. The third-order valence-corrected chi connectivity index (χ3v) is 5.15. The summed E-state index contributed by atoms with van der Waals surface area (Å²) < 4.78 is 5.86. The molecule has 2 rings (SSSR count). The molecule has 0 spiro atoms. The van der Waals surface area contributed by atoms with E-state index in [4.69, 9.17) is 4.74 Å². The Kier molecular flexibility index (Phi) is 7.00. The first kappa shape index (κ1) is 19.4. The first-order valence-electron chi connectivity index (χ1n) is 8.84. The van der Waals surface area contributed by atoms with Crippen molar-refractivity contribution in [3.05, 3.63) is 45.9 Å². The van der Waals surface area contributed by atoms with E-state index in [0.29, 0.717) is 13.2 Å². The molecular weight excluding hydrogens is 332 g/mol. The fourth-order valence-electron chi connectivity index (χ4n) is 2.52. The van der Waals surface area contributed by atoms with Gasteiger partial charge in [-0.3, -0.25) is 4.79 Å². The molecule has 0 fully saturated rings. The molecule has 0 bridgehead atoms. The van der Waals surface area contributed by atoms with Crippen LogP contribution >= 0.6 is 11.3 Å². The number of ether oxygens (including phenoxy) is 1. The van der Waals surface area contributed by atoms with Gasteiger partial charge in [0.05, 0.1) is 12.2 Å². The van der Waals surface area contributed by atoms with Crippen LogP contribution in [0.5, 0.6) is 5.75 Å². The highest BCUT2D eigenvalue weighted by Gasteiger charge is 2.22. The summed E-state index contributed by atoms with van der Waals surface area (Å²) in [5.74, 6) is 1.06. The van der Waals surface area contributed by atoms with Gasteiger partial charge in [0.25, 0.3) is 0 Å². The first-order valence-corrected chi connectivity index (χ1v) is 9.72. The number of nitrogens with zero attached hydrogens (tertiary/aromatic N) is 2. The van der Waals surface area contributed by atoms with Gasteiger partial charge in [0.1, 0.15) is 17.4 Å². The number of thiazole rings is 1. The molecule has 1 amide bonds. The smallest absolute Gasteiger partial charge is 0.225 e. The van der Waals surface area contributed by atoms with E-state index in [-0.39, 0.29) is 17.9 Å². The highest BCUT2D eigenvalue weighted by molar-refractivity contribution is 7.09. The van der Waals surface area contributed by atoms with E-state index in [0.717, 1.165) is 28.4 Å². The van der Waals surface area contributed by atoms with Gasteiger partial charge in [0, 0.05) is 17.3 Å². The van der Waals surface area contributed by atoms with Crippen LogP contribution in [0.1, 0.15) is 50.4 Å². The van der Waals surface area contributed by atoms with Gasteiger partial charge in [-0.2, -0.15) is 0 Å². The Bertz CT molecular complexity index is 697. The van der Waals surface area contributed by atoms with E-state index in [9.17, 15) is 4.79 Å². The summed E-state index contributed by atoms with van der Waals surface area (Å²) in [4.78, 5) is 19.1. The van der Waals surface area contributed by atoms with Crippen LogP contribution in [-0.2, 0) is 17.9 Å². The van der Waals surface area contributed by atoms with Crippen LogP contribution in [0.3, 0.4) is 0 Å². The van der Waals surface area contributed by atoms with Crippen molar-refractivity contribution < 1.29 is 9.53 Å². The third-order valence-electron chi connectivity index (χ3n) is 4.28. The van der Waals surface area contributed by atoms with E-state index < -0.39 is 0 Å². The highest BCUT2D eigenvalue weighted by atomic mass is 32.1. The van der Waals surface area contributed by atoms with Crippen molar-refractivity contribution in [3.63, 3.8) is 0 Å². The number of para-hydroxylation sites is 1. The normalized spacial score (nSPS) is 12.2. The molecule has 0 aliphatic rings. The number of rotatable bonds is 8. The molecule has 0 N–H and O–H groups in total. The molecule has 0 saturated carbocycles. The number of carbonyl (C=O) groups is 1. The predicted molar refractivity (Wildman–Crippen MR) is 103 cm³/mol. The Balaban J connectivity index is 2.01. The van der Waals surface area contributed by atoms with E-state index in [1.165, 1.54) is 0 Å². The first-order chi connectivity index (χ1) is 11.9. The van der Waals surface area contributed by atoms with Crippen LogP contribution < -0.4 is 4.74 Å². The molecule has 0 saturated heterocycles. The van der Waals surface area contributed by atoms with Crippen molar-refractivity contribution in [3.8, 4) is 5.75 Å². The minimum Gasteiger partial charge on any atom is -0.486 e. The maximum Gasteiger partial charge on any atom is 0.225 e. The lowest BCUT2D eigenvalue weighted by Crippen LogP contribution is -2.40. The Morgan fingerprint density at radius 1 is 1.28 bits per heavy atom. The molecule has 0 aliphatic carbocycles. The lowest BCUT2D eigenvalue weighted by molar-refractivity contribution is -0.137. The molecule has 1 heterocycles. The zero-order valence-corrected chi connectivity index (χ0v) is 16.6. The van der Waals surface area contributed by atoms with Gasteiger partial charge >= 0.3 is 0 Å². The summed E-state index contributed by atoms with van der Waals surface area (Å²) >= 11 is 1.58. The van der Waals surface area contributed by atoms with E-state index >= 15 is 0 Å². The van der Waals surface area contributed by atoms with Gasteiger partial charge in [0.15, 0.2) is 0 Å². The molecule has 1 aromatic heterocycles. The zero-order valence-electron chi connectivity index (χ0n) is 15.8. The zero-order chi connectivity index (χ0) is 18.4. The summed E-state index contributed by atoms with van der Waals surface area (Å²) in [6.45, 7) is 11.1. The fraction of sp³-hybridized carbons (Fsp3) is 0.500. The largest absolute Gasteiger partial charge is 0.486 e. The minimum atomic E-state index is -0.00325. The third kappa shape index (κ3) is 5.30.